The summed E-state index contributed by atoms with van der Waals surface area (Å²) in [5.74, 6) is 0.520. The van der Waals surface area contributed by atoms with E-state index in [1.165, 1.54) is 10.9 Å². The summed E-state index contributed by atoms with van der Waals surface area (Å²) in [6.45, 7) is 1.61. The zero-order valence-corrected chi connectivity index (χ0v) is 13.5. The van der Waals surface area contributed by atoms with Gasteiger partial charge in [-0.2, -0.15) is 5.10 Å². The summed E-state index contributed by atoms with van der Waals surface area (Å²) in [5, 5.41) is 7.83. The normalized spacial score (nSPS) is 18.0. The van der Waals surface area contributed by atoms with E-state index in [0.29, 0.717) is 11.6 Å². The Bertz CT molecular complexity index is 838. The average molecular weight is 320 g/mol. The van der Waals surface area contributed by atoms with Crippen molar-refractivity contribution in [3.63, 3.8) is 0 Å². The number of aromatic nitrogens is 3. The summed E-state index contributed by atoms with van der Waals surface area (Å²) in [6, 6.07) is 12.2. The Hall–Kier alpha value is -2.69. The van der Waals surface area contributed by atoms with Crippen LogP contribution in [-0.2, 0) is 6.42 Å². The first-order chi connectivity index (χ1) is 11.8. The van der Waals surface area contributed by atoms with Gasteiger partial charge in [-0.3, -0.25) is 14.9 Å². The maximum atomic E-state index is 12.5. The average Bonchev–Trinajstić information content (AvgIpc) is 3.16. The molecule has 1 fully saturated rings. The summed E-state index contributed by atoms with van der Waals surface area (Å²) in [6.07, 6.45) is 6.62. The van der Waals surface area contributed by atoms with E-state index in [1.54, 1.807) is 12.3 Å². The minimum absolute atomic E-state index is 0.0493. The van der Waals surface area contributed by atoms with Crippen molar-refractivity contribution in [1.29, 1.82) is 0 Å². The topological polar surface area (TPSA) is 61.9 Å². The highest BCUT2D eigenvalue weighted by Crippen LogP contribution is 2.25. The van der Waals surface area contributed by atoms with E-state index < -0.39 is 0 Å². The maximum Gasteiger partial charge on any atom is 0.271 e. The van der Waals surface area contributed by atoms with Gasteiger partial charge in [0.15, 0.2) is 0 Å². The lowest BCUT2D eigenvalue weighted by Gasteiger charge is -2.32. The van der Waals surface area contributed by atoms with Crippen molar-refractivity contribution in [2.75, 3.05) is 13.1 Å². The Morgan fingerprint density at radius 1 is 1.21 bits per heavy atom. The molecule has 1 atom stereocenters. The largest absolute Gasteiger partial charge is 0.337 e. The van der Waals surface area contributed by atoms with Gasteiger partial charge in [-0.25, -0.2) is 0 Å². The molecule has 3 aromatic rings. The van der Waals surface area contributed by atoms with Gasteiger partial charge in [-0.1, -0.05) is 24.3 Å². The van der Waals surface area contributed by atoms with Crippen molar-refractivity contribution in [3.05, 3.63) is 60.0 Å². The van der Waals surface area contributed by atoms with Crippen molar-refractivity contribution in [3.8, 4) is 0 Å². The van der Waals surface area contributed by atoms with Gasteiger partial charge in [-0.15, -0.1) is 0 Å². The molecule has 5 heteroatoms. The van der Waals surface area contributed by atoms with Gasteiger partial charge in [0.05, 0.1) is 5.52 Å². The summed E-state index contributed by atoms with van der Waals surface area (Å²) in [4.78, 5) is 19.0. The van der Waals surface area contributed by atoms with Crippen LogP contribution in [-0.4, -0.2) is 39.1 Å². The van der Waals surface area contributed by atoms with Gasteiger partial charge in [-0.05, 0) is 42.9 Å². The summed E-state index contributed by atoms with van der Waals surface area (Å²) in [5.41, 5.74) is 2.92. The molecule has 0 bridgehead atoms. The number of hydrogen-bond donors (Lipinski definition) is 1. The zero-order chi connectivity index (χ0) is 16.4. The second-order valence-electron chi connectivity index (χ2n) is 6.43. The Kier molecular flexibility index (Phi) is 3.99. The minimum atomic E-state index is 0.0493. The van der Waals surface area contributed by atoms with Crippen LogP contribution in [0.25, 0.3) is 10.9 Å². The van der Waals surface area contributed by atoms with E-state index in [-0.39, 0.29) is 5.91 Å². The molecule has 4 rings (SSSR count). The van der Waals surface area contributed by atoms with Crippen molar-refractivity contribution in [2.45, 2.75) is 19.3 Å². The fraction of sp³-hybridized carbons (Fsp3) is 0.316. The van der Waals surface area contributed by atoms with Crippen LogP contribution in [0.1, 0.15) is 28.9 Å². The van der Waals surface area contributed by atoms with Gasteiger partial charge >= 0.3 is 0 Å². The molecule has 0 unspecified atom stereocenters. The number of carbonyl (C=O) groups is 1. The molecule has 1 saturated heterocycles. The number of para-hydroxylation sites is 1. The standard InChI is InChI=1S/C19H20N4O/c24-19(17-8-10-21-22-17)23-11-3-4-14(13-23)12-16-6-1-5-15-7-2-9-20-18(15)16/h1-2,5-10,14H,3-4,11-13H2,(H,21,22)/t14-/m1/s1. The van der Waals surface area contributed by atoms with Crippen LogP contribution >= 0.6 is 0 Å². The number of likely N-dealkylation sites (tertiary alicyclic amines) is 1. The molecular weight excluding hydrogens is 300 g/mol. The third-order valence-electron chi connectivity index (χ3n) is 4.76. The lowest BCUT2D eigenvalue weighted by atomic mass is 9.90. The molecule has 1 aromatic carbocycles. The van der Waals surface area contributed by atoms with Crippen LogP contribution in [0.4, 0.5) is 0 Å². The van der Waals surface area contributed by atoms with Crippen molar-refractivity contribution < 1.29 is 4.79 Å². The number of fused-ring (bicyclic) bond motifs is 1. The molecule has 0 radical (unpaired) electrons. The van der Waals surface area contributed by atoms with Gasteiger partial charge in [0.1, 0.15) is 5.69 Å². The molecule has 1 aliphatic rings. The highest BCUT2D eigenvalue weighted by Gasteiger charge is 2.25. The Balaban J connectivity index is 1.51. The number of piperidine rings is 1. The van der Waals surface area contributed by atoms with Crippen molar-refractivity contribution in [1.82, 2.24) is 20.1 Å². The number of aromatic amines is 1. The fourth-order valence-corrected chi connectivity index (χ4v) is 3.60. The Labute approximate surface area is 140 Å². The first-order valence-electron chi connectivity index (χ1n) is 8.42. The third-order valence-corrected chi connectivity index (χ3v) is 4.76. The minimum Gasteiger partial charge on any atom is -0.337 e. The van der Waals surface area contributed by atoms with E-state index in [0.717, 1.165) is 37.9 Å². The lowest BCUT2D eigenvalue weighted by Crippen LogP contribution is -2.40. The molecule has 1 amide bonds. The Morgan fingerprint density at radius 2 is 2.12 bits per heavy atom. The number of nitrogens with zero attached hydrogens (tertiary/aromatic N) is 3. The molecule has 0 spiro atoms. The predicted octanol–water partition coefficient (Wildman–Crippen LogP) is 3.05. The van der Waals surface area contributed by atoms with Crippen LogP contribution < -0.4 is 0 Å². The quantitative estimate of drug-likeness (QED) is 0.807. The number of pyridine rings is 1. The van der Waals surface area contributed by atoms with Crippen molar-refractivity contribution >= 4 is 16.8 Å². The number of rotatable bonds is 3. The van der Waals surface area contributed by atoms with E-state index in [2.05, 4.69) is 39.4 Å². The molecule has 122 valence electrons. The third kappa shape index (κ3) is 2.89. The molecule has 0 saturated carbocycles. The van der Waals surface area contributed by atoms with Gasteiger partial charge in [0.2, 0.25) is 0 Å². The van der Waals surface area contributed by atoms with E-state index in [9.17, 15) is 4.79 Å². The van der Waals surface area contributed by atoms with E-state index >= 15 is 0 Å². The fourth-order valence-electron chi connectivity index (χ4n) is 3.60. The smallest absolute Gasteiger partial charge is 0.271 e. The second kappa shape index (κ2) is 6.43. The maximum absolute atomic E-state index is 12.5. The molecule has 1 aliphatic heterocycles. The highest BCUT2D eigenvalue weighted by atomic mass is 16.2. The van der Waals surface area contributed by atoms with Crippen molar-refractivity contribution in [2.24, 2.45) is 5.92 Å². The zero-order valence-electron chi connectivity index (χ0n) is 13.5. The van der Waals surface area contributed by atoms with Gasteiger partial charge in [0, 0.05) is 30.9 Å². The second-order valence-corrected chi connectivity index (χ2v) is 6.43. The number of amides is 1. The SMILES string of the molecule is O=C(c1ccn[nH]1)N1CCC[C@H](Cc2cccc3cccnc23)C1. The number of carbonyl (C=O) groups excluding carboxylic acids is 1. The number of nitrogens with one attached hydrogen (secondary N) is 1. The van der Waals surface area contributed by atoms with Gasteiger partial charge in [0.25, 0.3) is 5.91 Å². The number of hydrogen-bond acceptors (Lipinski definition) is 3. The number of benzene rings is 1. The van der Waals surface area contributed by atoms with E-state index in [4.69, 9.17) is 0 Å². The molecule has 1 N–H and O–H groups in total. The molecule has 3 heterocycles. The van der Waals surface area contributed by atoms with Crippen LogP contribution in [0, 0.1) is 5.92 Å². The first-order valence-corrected chi connectivity index (χ1v) is 8.42. The monoisotopic (exact) mass is 320 g/mol. The predicted molar refractivity (Wildman–Crippen MR) is 92.7 cm³/mol. The summed E-state index contributed by atoms with van der Waals surface area (Å²) >= 11 is 0. The van der Waals surface area contributed by atoms with Crippen LogP contribution in [0.2, 0.25) is 0 Å². The van der Waals surface area contributed by atoms with Crippen LogP contribution in [0.3, 0.4) is 0 Å². The lowest BCUT2D eigenvalue weighted by molar-refractivity contribution is 0.0667. The number of H-pyrrole nitrogens is 1. The Morgan fingerprint density at radius 3 is 3.00 bits per heavy atom. The molecule has 2 aromatic heterocycles. The molecule has 24 heavy (non-hydrogen) atoms. The molecule has 5 nitrogen and oxygen atoms in total. The first kappa shape index (κ1) is 14.9. The summed E-state index contributed by atoms with van der Waals surface area (Å²) < 4.78 is 0. The molecule has 0 aliphatic carbocycles. The summed E-state index contributed by atoms with van der Waals surface area (Å²) in [7, 11) is 0. The van der Waals surface area contributed by atoms with Crippen LogP contribution in [0.5, 0.6) is 0 Å². The van der Waals surface area contributed by atoms with Crippen LogP contribution in [0.15, 0.2) is 48.8 Å². The van der Waals surface area contributed by atoms with Gasteiger partial charge < -0.3 is 4.90 Å². The van der Waals surface area contributed by atoms with E-state index in [1.807, 2.05) is 17.2 Å². The highest BCUT2D eigenvalue weighted by molar-refractivity contribution is 5.92. The molecular formula is C19H20N4O.